The van der Waals surface area contributed by atoms with Crippen molar-refractivity contribution in [1.29, 1.82) is 0 Å². The lowest BCUT2D eigenvalue weighted by Gasteiger charge is -2.20. The first-order valence-electron chi connectivity index (χ1n) is 7.09. The molecule has 1 aromatic rings. The molecule has 0 spiro atoms. The Labute approximate surface area is 121 Å². The van der Waals surface area contributed by atoms with Crippen LogP contribution in [-0.2, 0) is 4.79 Å². The van der Waals surface area contributed by atoms with Crippen LogP contribution < -0.4 is 15.4 Å². The molecule has 0 bridgehead atoms. The van der Waals surface area contributed by atoms with Gasteiger partial charge in [-0.1, -0.05) is 19.1 Å². The molecule has 0 aromatic heterocycles. The van der Waals surface area contributed by atoms with Crippen molar-refractivity contribution in [3.05, 3.63) is 29.8 Å². The van der Waals surface area contributed by atoms with Gasteiger partial charge in [0.2, 0.25) is 0 Å². The highest BCUT2D eigenvalue weighted by Gasteiger charge is 2.13. The molecule has 0 aliphatic carbocycles. The van der Waals surface area contributed by atoms with Crippen LogP contribution in [0, 0.1) is 0 Å². The molecule has 1 aromatic carbocycles. The third-order valence-electron chi connectivity index (χ3n) is 2.77. The Bertz CT molecular complexity index is 421. The molecule has 2 N–H and O–H groups in total. The molecule has 0 heterocycles. The van der Waals surface area contributed by atoms with E-state index >= 15 is 0 Å². The molecular formula is C16H26N2O2. The van der Waals surface area contributed by atoms with E-state index in [-0.39, 0.29) is 18.1 Å². The van der Waals surface area contributed by atoms with Crippen molar-refractivity contribution in [2.45, 2.75) is 46.2 Å². The van der Waals surface area contributed by atoms with Gasteiger partial charge in [-0.25, -0.2) is 0 Å². The maximum absolute atomic E-state index is 11.6. The molecule has 4 nitrogen and oxygen atoms in total. The molecule has 0 aliphatic rings. The summed E-state index contributed by atoms with van der Waals surface area (Å²) < 4.78 is 5.48. The predicted molar refractivity (Wildman–Crippen MR) is 81.9 cm³/mol. The fourth-order valence-corrected chi connectivity index (χ4v) is 1.88. The van der Waals surface area contributed by atoms with Crippen molar-refractivity contribution < 1.29 is 9.53 Å². The third-order valence-corrected chi connectivity index (χ3v) is 2.77. The minimum atomic E-state index is -0.231. The minimum Gasteiger partial charge on any atom is -0.484 e. The average Bonchev–Trinajstić information content (AvgIpc) is 2.35. The first-order valence-corrected chi connectivity index (χ1v) is 7.09. The smallest absolute Gasteiger partial charge is 0.258 e. The largest absolute Gasteiger partial charge is 0.484 e. The lowest BCUT2D eigenvalue weighted by Crippen LogP contribution is -2.43. The Kier molecular flexibility index (Phi) is 6.02. The van der Waals surface area contributed by atoms with Crippen molar-refractivity contribution in [2.24, 2.45) is 0 Å². The van der Waals surface area contributed by atoms with Gasteiger partial charge in [-0.2, -0.15) is 0 Å². The number of nitrogens with one attached hydrogen (secondary N) is 2. The first-order chi connectivity index (χ1) is 9.31. The molecule has 1 atom stereocenters. The summed E-state index contributed by atoms with van der Waals surface area (Å²) in [5.41, 5.74) is 0.976. The van der Waals surface area contributed by atoms with Crippen LogP contribution in [0.2, 0.25) is 0 Å². The molecule has 4 heteroatoms. The first kappa shape index (κ1) is 16.5. The van der Waals surface area contributed by atoms with Crippen molar-refractivity contribution in [3.8, 4) is 5.75 Å². The highest BCUT2D eigenvalue weighted by molar-refractivity contribution is 5.78. The molecule has 1 rings (SSSR count). The normalized spacial score (nSPS) is 12.8. The van der Waals surface area contributed by atoms with Crippen LogP contribution in [0.4, 0.5) is 0 Å². The maximum Gasteiger partial charge on any atom is 0.258 e. The van der Waals surface area contributed by atoms with E-state index in [1.54, 1.807) is 0 Å². The Morgan fingerprint density at radius 1 is 1.25 bits per heavy atom. The van der Waals surface area contributed by atoms with Crippen LogP contribution in [0.5, 0.6) is 5.75 Å². The van der Waals surface area contributed by atoms with Crippen molar-refractivity contribution in [3.63, 3.8) is 0 Å². The van der Waals surface area contributed by atoms with Crippen LogP contribution in [-0.4, -0.2) is 24.6 Å². The van der Waals surface area contributed by atoms with E-state index in [4.69, 9.17) is 4.74 Å². The SMILES string of the molecule is CCNC(C)c1ccc(OCC(=O)NC(C)(C)C)cc1. The van der Waals surface area contributed by atoms with Gasteiger partial charge in [0.15, 0.2) is 6.61 Å². The zero-order chi connectivity index (χ0) is 15.2. The highest BCUT2D eigenvalue weighted by Crippen LogP contribution is 2.17. The summed E-state index contributed by atoms with van der Waals surface area (Å²) in [7, 11) is 0. The molecular weight excluding hydrogens is 252 g/mol. The van der Waals surface area contributed by atoms with Gasteiger partial charge in [-0.05, 0) is 51.9 Å². The fourth-order valence-electron chi connectivity index (χ4n) is 1.88. The molecule has 0 radical (unpaired) electrons. The number of ether oxygens (including phenoxy) is 1. The van der Waals surface area contributed by atoms with Gasteiger partial charge in [0, 0.05) is 11.6 Å². The molecule has 1 amide bonds. The van der Waals surface area contributed by atoms with E-state index in [1.165, 1.54) is 5.56 Å². The van der Waals surface area contributed by atoms with Gasteiger partial charge < -0.3 is 15.4 Å². The molecule has 20 heavy (non-hydrogen) atoms. The molecule has 0 fully saturated rings. The van der Waals surface area contributed by atoms with E-state index in [9.17, 15) is 4.79 Å². The molecule has 0 aliphatic heterocycles. The number of carbonyl (C=O) groups is 1. The van der Waals surface area contributed by atoms with Crippen LogP contribution >= 0.6 is 0 Å². The zero-order valence-electron chi connectivity index (χ0n) is 13.1. The van der Waals surface area contributed by atoms with Crippen LogP contribution in [0.15, 0.2) is 24.3 Å². The lowest BCUT2D eigenvalue weighted by molar-refractivity contribution is -0.124. The van der Waals surface area contributed by atoms with Crippen LogP contribution in [0.25, 0.3) is 0 Å². The van der Waals surface area contributed by atoms with Gasteiger partial charge >= 0.3 is 0 Å². The van der Waals surface area contributed by atoms with Crippen LogP contribution in [0.3, 0.4) is 0 Å². The number of hydrogen-bond acceptors (Lipinski definition) is 3. The summed E-state index contributed by atoms with van der Waals surface area (Å²) >= 11 is 0. The van der Waals surface area contributed by atoms with E-state index in [0.717, 1.165) is 6.54 Å². The number of benzene rings is 1. The van der Waals surface area contributed by atoms with Crippen molar-refractivity contribution in [2.75, 3.05) is 13.2 Å². The number of carbonyl (C=O) groups excluding carboxylic acids is 1. The number of hydrogen-bond donors (Lipinski definition) is 2. The number of rotatable bonds is 6. The van der Waals surface area contributed by atoms with Gasteiger partial charge in [-0.3, -0.25) is 4.79 Å². The zero-order valence-corrected chi connectivity index (χ0v) is 13.1. The van der Waals surface area contributed by atoms with Crippen molar-refractivity contribution >= 4 is 5.91 Å². The summed E-state index contributed by atoms with van der Waals surface area (Å²) in [4.78, 5) is 11.6. The third kappa shape index (κ3) is 6.06. The van der Waals surface area contributed by atoms with Gasteiger partial charge in [0.25, 0.3) is 5.91 Å². The predicted octanol–water partition coefficient (Wildman–Crippen LogP) is 2.65. The maximum atomic E-state index is 11.6. The topological polar surface area (TPSA) is 50.4 Å². The monoisotopic (exact) mass is 278 g/mol. The van der Waals surface area contributed by atoms with E-state index in [1.807, 2.05) is 45.0 Å². The molecule has 0 saturated heterocycles. The quantitative estimate of drug-likeness (QED) is 0.841. The van der Waals surface area contributed by atoms with E-state index < -0.39 is 0 Å². The summed E-state index contributed by atoms with van der Waals surface area (Å²) in [6.45, 7) is 11.0. The Hall–Kier alpha value is -1.55. The Morgan fingerprint density at radius 3 is 2.35 bits per heavy atom. The lowest BCUT2D eigenvalue weighted by atomic mass is 10.1. The molecule has 1 unspecified atom stereocenters. The second kappa shape index (κ2) is 7.29. The standard InChI is InChI=1S/C16H26N2O2/c1-6-17-12(2)13-7-9-14(10-8-13)20-11-15(19)18-16(3,4)5/h7-10,12,17H,6,11H2,1-5H3,(H,18,19). The van der Waals surface area contributed by atoms with E-state index in [0.29, 0.717) is 11.8 Å². The summed E-state index contributed by atoms with van der Waals surface area (Å²) in [5.74, 6) is 0.601. The number of amides is 1. The van der Waals surface area contributed by atoms with Crippen molar-refractivity contribution in [1.82, 2.24) is 10.6 Å². The second-order valence-electron chi connectivity index (χ2n) is 5.94. The summed E-state index contributed by atoms with van der Waals surface area (Å²) in [5, 5.41) is 6.21. The average molecular weight is 278 g/mol. The minimum absolute atomic E-state index is 0.0411. The second-order valence-corrected chi connectivity index (χ2v) is 5.94. The Balaban J connectivity index is 2.48. The Morgan fingerprint density at radius 2 is 1.85 bits per heavy atom. The summed E-state index contributed by atoms with van der Waals surface area (Å²) in [6, 6.07) is 8.15. The molecule has 112 valence electrons. The van der Waals surface area contributed by atoms with E-state index in [2.05, 4.69) is 24.5 Å². The summed E-state index contributed by atoms with van der Waals surface area (Å²) in [6.07, 6.45) is 0. The molecule has 0 saturated carbocycles. The van der Waals surface area contributed by atoms with Gasteiger partial charge in [0.1, 0.15) is 5.75 Å². The van der Waals surface area contributed by atoms with Gasteiger partial charge in [0.05, 0.1) is 0 Å². The highest BCUT2D eigenvalue weighted by atomic mass is 16.5. The fraction of sp³-hybridized carbons (Fsp3) is 0.562. The van der Waals surface area contributed by atoms with Gasteiger partial charge in [-0.15, -0.1) is 0 Å². The van der Waals surface area contributed by atoms with Crippen LogP contribution in [0.1, 0.15) is 46.2 Å².